The van der Waals surface area contributed by atoms with Crippen molar-refractivity contribution in [2.75, 3.05) is 13.2 Å². The van der Waals surface area contributed by atoms with Crippen molar-refractivity contribution in [3.63, 3.8) is 0 Å². The molecule has 0 unspecified atom stereocenters. The molecule has 0 bridgehead atoms. The molecule has 0 amide bonds. The van der Waals surface area contributed by atoms with Gasteiger partial charge in [0.1, 0.15) is 10.7 Å². The lowest BCUT2D eigenvalue weighted by molar-refractivity contribution is -0.143. The van der Waals surface area contributed by atoms with E-state index >= 15 is 0 Å². The molecule has 0 saturated carbocycles. The SMILES string of the molecule is CCOC(=O)CCCNS(=O)(=O)c1cc(F)ccc1Cl. The molecular formula is C12H15ClFNO4S. The number of benzene rings is 1. The van der Waals surface area contributed by atoms with Gasteiger partial charge in [0.05, 0.1) is 11.6 Å². The first kappa shape index (κ1) is 16.9. The van der Waals surface area contributed by atoms with E-state index in [1.54, 1.807) is 6.92 Å². The van der Waals surface area contributed by atoms with Crippen molar-refractivity contribution in [3.8, 4) is 0 Å². The quantitative estimate of drug-likeness (QED) is 0.616. The van der Waals surface area contributed by atoms with Crippen LogP contribution in [0.3, 0.4) is 0 Å². The van der Waals surface area contributed by atoms with E-state index in [0.717, 1.165) is 12.1 Å². The Morgan fingerprint density at radius 3 is 2.80 bits per heavy atom. The van der Waals surface area contributed by atoms with Crippen molar-refractivity contribution < 1.29 is 22.3 Å². The van der Waals surface area contributed by atoms with Crippen LogP contribution >= 0.6 is 11.6 Å². The van der Waals surface area contributed by atoms with Crippen LogP contribution in [-0.4, -0.2) is 27.5 Å². The normalized spacial score (nSPS) is 11.3. The van der Waals surface area contributed by atoms with Crippen LogP contribution in [0.15, 0.2) is 23.1 Å². The van der Waals surface area contributed by atoms with Crippen LogP contribution in [0, 0.1) is 5.82 Å². The second-order valence-corrected chi connectivity index (χ2v) is 6.02. The third-order valence-corrected chi connectivity index (χ3v) is 4.28. The number of ether oxygens (including phenoxy) is 1. The molecule has 1 rings (SSSR count). The Hall–Kier alpha value is -1.18. The van der Waals surface area contributed by atoms with E-state index in [-0.39, 0.29) is 35.9 Å². The van der Waals surface area contributed by atoms with Gasteiger partial charge < -0.3 is 4.74 Å². The Kier molecular flexibility index (Phi) is 6.38. The van der Waals surface area contributed by atoms with E-state index in [1.165, 1.54) is 6.07 Å². The van der Waals surface area contributed by atoms with E-state index in [4.69, 9.17) is 16.3 Å². The summed E-state index contributed by atoms with van der Waals surface area (Å²) in [6, 6.07) is 3.09. The summed E-state index contributed by atoms with van der Waals surface area (Å²) in [4.78, 5) is 10.7. The zero-order valence-corrected chi connectivity index (χ0v) is 12.4. The summed E-state index contributed by atoms with van der Waals surface area (Å²) in [5.41, 5.74) is 0. The smallest absolute Gasteiger partial charge is 0.305 e. The number of hydrogen-bond acceptors (Lipinski definition) is 4. The predicted octanol–water partition coefficient (Wildman–Crippen LogP) is 2.10. The van der Waals surface area contributed by atoms with Crippen LogP contribution in [0.25, 0.3) is 0 Å². The Morgan fingerprint density at radius 1 is 1.45 bits per heavy atom. The predicted molar refractivity (Wildman–Crippen MR) is 72.5 cm³/mol. The summed E-state index contributed by atoms with van der Waals surface area (Å²) in [5.74, 6) is -1.09. The van der Waals surface area contributed by atoms with Crippen LogP contribution in [0.1, 0.15) is 19.8 Å². The summed E-state index contributed by atoms with van der Waals surface area (Å²) in [6.45, 7) is 2.00. The van der Waals surface area contributed by atoms with Crippen molar-refractivity contribution in [1.29, 1.82) is 0 Å². The van der Waals surface area contributed by atoms with Crippen molar-refractivity contribution >= 4 is 27.6 Å². The van der Waals surface area contributed by atoms with Gasteiger partial charge in [-0.25, -0.2) is 17.5 Å². The first-order chi connectivity index (χ1) is 9.36. The number of rotatable bonds is 7. The van der Waals surface area contributed by atoms with Crippen LogP contribution in [0.5, 0.6) is 0 Å². The second kappa shape index (κ2) is 7.56. The number of nitrogens with one attached hydrogen (secondary N) is 1. The molecule has 0 saturated heterocycles. The molecule has 0 atom stereocenters. The molecule has 112 valence electrons. The Morgan fingerprint density at radius 2 is 2.15 bits per heavy atom. The fourth-order valence-corrected chi connectivity index (χ4v) is 3.02. The Balaban J connectivity index is 2.58. The van der Waals surface area contributed by atoms with Gasteiger partial charge in [-0.1, -0.05) is 11.6 Å². The topological polar surface area (TPSA) is 72.5 Å². The molecule has 0 aliphatic carbocycles. The number of sulfonamides is 1. The number of carbonyl (C=O) groups excluding carboxylic acids is 1. The molecule has 1 N–H and O–H groups in total. The highest BCUT2D eigenvalue weighted by atomic mass is 35.5. The zero-order valence-electron chi connectivity index (χ0n) is 10.9. The fourth-order valence-electron chi connectivity index (χ4n) is 1.43. The van der Waals surface area contributed by atoms with Gasteiger partial charge in [-0.3, -0.25) is 4.79 Å². The molecule has 1 aromatic rings. The third kappa shape index (κ3) is 5.07. The van der Waals surface area contributed by atoms with E-state index in [1.807, 2.05) is 0 Å². The van der Waals surface area contributed by atoms with Gasteiger partial charge in [0, 0.05) is 13.0 Å². The number of carbonyl (C=O) groups is 1. The summed E-state index contributed by atoms with van der Waals surface area (Å²) >= 11 is 5.73. The van der Waals surface area contributed by atoms with Crippen molar-refractivity contribution in [2.45, 2.75) is 24.7 Å². The van der Waals surface area contributed by atoms with Gasteiger partial charge >= 0.3 is 5.97 Å². The number of hydrogen-bond donors (Lipinski definition) is 1. The summed E-state index contributed by atoms with van der Waals surface area (Å²) in [7, 11) is -3.90. The summed E-state index contributed by atoms with van der Waals surface area (Å²) < 4.78 is 43.8. The number of halogens is 2. The molecule has 0 aromatic heterocycles. The molecule has 0 fully saturated rings. The molecule has 0 radical (unpaired) electrons. The lowest BCUT2D eigenvalue weighted by Crippen LogP contribution is -2.25. The first-order valence-corrected chi connectivity index (χ1v) is 7.83. The van der Waals surface area contributed by atoms with Gasteiger partial charge in [0.25, 0.3) is 0 Å². The monoisotopic (exact) mass is 323 g/mol. The maximum atomic E-state index is 13.0. The molecule has 20 heavy (non-hydrogen) atoms. The minimum absolute atomic E-state index is 0.0357. The zero-order chi connectivity index (χ0) is 15.2. The molecule has 5 nitrogen and oxygen atoms in total. The van der Waals surface area contributed by atoms with Crippen LogP contribution < -0.4 is 4.72 Å². The lowest BCUT2D eigenvalue weighted by Gasteiger charge is -2.08. The fraction of sp³-hybridized carbons (Fsp3) is 0.417. The number of esters is 1. The molecule has 0 heterocycles. The van der Waals surface area contributed by atoms with E-state index in [9.17, 15) is 17.6 Å². The standard InChI is InChI=1S/C12H15ClFNO4S/c1-2-19-12(16)4-3-7-15-20(17,18)11-8-9(14)5-6-10(11)13/h5-6,8,15H,2-4,7H2,1H3. The highest BCUT2D eigenvalue weighted by Crippen LogP contribution is 2.21. The Labute approximate surface area is 122 Å². The molecule has 0 aliphatic heterocycles. The maximum Gasteiger partial charge on any atom is 0.305 e. The van der Waals surface area contributed by atoms with Crippen molar-refractivity contribution in [2.24, 2.45) is 0 Å². The third-order valence-electron chi connectivity index (χ3n) is 2.34. The molecule has 8 heteroatoms. The molecule has 0 spiro atoms. The highest BCUT2D eigenvalue weighted by Gasteiger charge is 2.18. The average Bonchev–Trinajstić information content (AvgIpc) is 2.38. The molecule has 0 aliphatic rings. The second-order valence-electron chi connectivity index (χ2n) is 3.88. The first-order valence-electron chi connectivity index (χ1n) is 5.97. The molecular weight excluding hydrogens is 309 g/mol. The van der Waals surface area contributed by atoms with Gasteiger partial charge in [-0.2, -0.15) is 0 Å². The van der Waals surface area contributed by atoms with Crippen LogP contribution in [0.4, 0.5) is 4.39 Å². The maximum absolute atomic E-state index is 13.0. The van der Waals surface area contributed by atoms with Crippen molar-refractivity contribution in [3.05, 3.63) is 29.0 Å². The van der Waals surface area contributed by atoms with Gasteiger partial charge in [0.2, 0.25) is 10.0 Å². The van der Waals surface area contributed by atoms with Crippen molar-refractivity contribution in [1.82, 2.24) is 4.72 Å². The van der Waals surface area contributed by atoms with Gasteiger partial charge in [-0.05, 0) is 31.5 Å². The summed E-state index contributed by atoms with van der Waals surface area (Å²) in [6.07, 6.45) is 0.387. The lowest BCUT2D eigenvalue weighted by atomic mass is 10.3. The largest absolute Gasteiger partial charge is 0.466 e. The van der Waals surface area contributed by atoms with E-state index in [0.29, 0.717) is 0 Å². The summed E-state index contributed by atoms with van der Waals surface area (Å²) in [5, 5.41) is -0.0655. The van der Waals surface area contributed by atoms with Crippen LogP contribution in [-0.2, 0) is 19.6 Å². The van der Waals surface area contributed by atoms with Crippen LogP contribution in [0.2, 0.25) is 5.02 Å². The minimum Gasteiger partial charge on any atom is -0.466 e. The Bertz CT molecular complexity index is 577. The minimum atomic E-state index is -3.90. The average molecular weight is 324 g/mol. The van der Waals surface area contributed by atoms with Gasteiger partial charge in [0.15, 0.2) is 0 Å². The van der Waals surface area contributed by atoms with Gasteiger partial charge in [-0.15, -0.1) is 0 Å². The molecule has 1 aromatic carbocycles. The van der Waals surface area contributed by atoms with E-state index in [2.05, 4.69) is 4.72 Å². The van der Waals surface area contributed by atoms with E-state index < -0.39 is 21.8 Å². The highest BCUT2D eigenvalue weighted by molar-refractivity contribution is 7.89.